The van der Waals surface area contributed by atoms with Crippen molar-refractivity contribution in [1.82, 2.24) is 20.1 Å². The molecule has 0 aliphatic rings. The molecular formula is C36H35F3N7O5S+. The van der Waals surface area contributed by atoms with Crippen molar-refractivity contribution in [2.45, 2.75) is 37.5 Å². The fraction of sp³-hybridized carbons (Fsp3) is 0.278. The highest BCUT2D eigenvalue weighted by Gasteiger charge is 2.50. The number of anilines is 1. The van der Waals surface area contributed by atoms with Gasteiger partial charge in [0.25, 0.3) is 6.33 Å². The van der Waals surface area contributed by atoms with Crippen LogP contribution in [0.2, 0.25) is 0 Å². The molecular weight excluding hydrogens is 700 g/mol. The Morgan fingerprint density at radius 1 is 1.10 bits per heavy atom. The van der Waals surface area contributed by atoms with Gasteiger partial charge in [0.1, 0.15) is 35.7 Å². The summed E-state index contributed by atoms with van der Waals surface area (Å²) < 4.78 is 56.7. The number of rotatable bonds is 14. The van der Waals surface area contributed by atoms with Crippen LogP contribution in [-0.2, 0) is 26.5 Å². The lowest BCUT2D eigenvalue weighted by Gasteiger charge is -2.39. The van der Waals surface area contributed by atoms with Crippen LogP contribution in [0.3, 0.4) is 0 Å². The van der Waals surface area contributed by atoms with Crippen molar-refractivity contribution in [1.29, 1.82) is 5.26 Å². The van der Waals surface area contributed by atoms with Gasteiger partial charge in [-0.3, -0.25) is 15.0 Å². The zero-order valence-corrected chi connectivity index (χ0v) is 29.2. The average molecular weight is 735 g/mol. The molecule has 270 valence electrons. The number of nitrogens with one attached hydrogen (secondary N) is 2. The third-order valence-corrected chi connectivity index (χ3v) is 9.36. The maximum Gasteiger partial charge on any atom is 0.411 e. The van der Waals surface area contributed by atoms with Gasteiger partial charge in [0.15, 0.2) is 0 Å². The average Bonchev–Trinajstić information content (AvgIpc) is 3.84. The van der Waals surface area contributed by atoms with Crippen molar-refractivity contribution in [3.63, 3.8) is 0 Å². The predicted octanol–water partition coefficient (Wildman–Crippen LogP) is 5.59. The zero-order chi connectivity index (χ0) is 37.4. The maximum absolute atomic E-state index is 15.7. The topological polar surface area (TPSA) is 157 Å². The number of benzene rings is 3. The summed E-state index contributed by atoms with van der Waals surface area (Å²) >= 11 is 1.20. The SMILES string of the molecule is C[C@H](c1nc(-c2ccc(C#N)cc2)cs1)[C@](O)(c1cc(F)ccc1F)C(CCOC(=O)Nc1cc(F)ccc1COC(=O)CN(C)C)[n+]1cn[nH]c1. The first kappa shape index (κ1) is 37.6. The van der Waals surface area contributed by atoms with Crippen LogP contribution in [0, 0.1) is 28.8 Å². The maximum atomic E-state index is 15.7. The number of carbonyl (C=O) groups excluding carboxylic acids is 2. The van der Waals surface area contributed by atoms with Crippen molar-refractivity contribution in [3.05, 3.63) is 118 Å². The number of ether oxygens (including phenoxy) is 2. The molecule has 3 aromatic carbocycles. The molecule has 0 spiro atoms. The number of aromatic amines is 1. The van der Waals surface area contributed by atoms with Crippen molar-refractivity contribution < 1.29 is 41.9 Å². The van der Waals surface area contributed by atoms with Crippen LogP contribution in [-0.4, -0.2) is 64.5 Å². The molecule has 12 nitrogen and oxygen atoms in total. The number of halogens is 3. The smallest absolute Gasteiger partial charge is 0.411 e. The Labute approximate surface area is 301 Å². The molecule has 0 bridgehead atoms. The van der Waals surface area contributed by atoms with Crippen LogP contribution in [0.25, 0.3) is 11.3 Å². The minimum Gasteiger partial charge on any atom is -0.460 e. The molecule has 1 amide bonds. The highest BCUT2D eigenvalue weighted by Crippen LogP contribution is 2.46. The zero-order valence-electron chi connectivity index (χ0n) is 28.3. The van der Waals surface area contributed by atoms with Crippen LogP contribution in [0.1, 0.15) is 47.0 Å². The summed E-state index contributed by atoms with van der Waals surface area (Å²) in [5.41, 5.74) is -0.504. The molecule has 16 heteroatoms. The van der Waals surface area contributed by atoms with E-state index in [1.54, 1.807) is 55.6 Å². The molecule has 0 radical (unpaired) electrons. The van der Waals surface area contributed by atoms with Gasteiger partial charge in [-0.05, 0) is 56.6 Å². The van der Waals surface area contributed by atoms with E-state index < -0.39 is 47.1 Å². The van der Waals surface area contributed by atoms with Gasteiger partial charge >= 0.3 is 12.1 Å². The summed E-state index contributed by atoms with van der Waals surface area (Å²) in [5, 5.41) is 33.1. The van der Waals surface area contributed by atoms with Crippen LogP contribution in [0.15, 0.2) is 78.7 Å². The van der Waals surface area contributed by atoms with E-state index in [1.165, 1.54) is 34.6 Å². The van der Waals surface area contributed by atoms with Crippen LogP contribution in [0.5, 0.6) is 0 Å². The molecule has 2 aromatic heterocycles. The van der Waals surface area contributed by atoms with E-state index in [1.807, 2.05) is 0 Å². The van der Waals surface area contributed by atoms with Crippen molar-refractivity contribution in [3.8, 4) is 17.3 Å². The monoisotopic (exact) mass is 734 g/mol. The van der Waals surface area contributed by atoms with Gasteiger partial charge in [0.2, 0.25) is 6.33 Å². The number of carbonyl (C=O) groups is 2. The number of nitrogens with zero attached hydrogens (tertiary/aromatic N) is 5. The first-order valence-electron chi connectivity index (χ1n) is 15.9. The predicted molar refractivity (Wildman–Crippen MR) is 183 cm³/mol. The molecule has 1 unspecified atom stereocenters. The minimum absolute atomic E-state index is 0.0113. The number of likely N-dealkylation sites (N-methyl/N-ethyl adjacent to an activating group) is 1. The Morgan fingerprint density at radius 2 is 1.83 bits per heavy atom. The lowest BCUT2D eigenvalue weighted by molar-refractivity contribution is -0.741. The second kappa shape index (κ2) is 16.6. The number of aromatic nitrogens is 4. The lowest BCUT2D eigenvalue weighted by Crippen LogP contribution is -2.54. The molecule has 3 atom stereocenters. The molecule has 0 fully saturated rings. The molecule has 0 saturated carbocycles. The molecule has 0 saturated heterocycles. The summed E-state index contributed by atoms with van der Waals surface area (Å²) in [5.74, 6) is -3.81. The molecule has 0 aliphatic heterocycles. The Morgan fingerprint density at radius 3 is 2.52 bits per heavy atom. The summed E-state index contributed by atoms with van der Waals surface area (Å²) in [6, 6.07) is 14.0. The molecule has 2 heterocycles. The van der Waals surface area contributed by atoms with Gasteiger partial charge in [-0.15, -0.1) is 16.4 Å². The first-order chi connectivity index (χ1) is 24.9. The van der Waals surface area contributed by atoms with Gasteiger partial charge in [-0.25, -0.2) is 27.5 Å². The van der Waals surface area contributed by atoms with Gasteiger partial charge in [0, 0.05) is 39.5 Å². The molecule has 3 N–H and O–H groups in total. The number of hydrogen-bond acceptors (Lipinski definition) is 10. The van der Waals surface area contributed by atoms with Gasteiger partial charge in [-0.1, -0.05) is 25.1 Å². The van der Waals surface area contributed by atoms with E-state index in [0.29, 0.717) is 27.4 Å². The summed E-state index contributed by atoms with van der Waals surface area (Å²) in [4.78, 5) is 31.4. The molecule has 52 heavy (non-hydrogen) atoms. The first-order valence-corrected chi connectivity index (χ1v) is 16.8. The minimum atomic E-state index is -2.20. The van der Waals surface area contributed by atoms with E-state index in [4.69, 9.17) is 19.7 Å². The Hall–Kier alpha value is -5.63. The number of aliphatic hydroxyl groups is 1. The molecule has 5 aromatic rings. The van der Waals surface area contributed by atoms with E-state index >= 15 is 4.39 Å². The summed E-state index contributed by atoms with van der Waals surface area (Å²) in [6.07, 6.45) is 1.64. The van der Waals surface area contributed by atoms with Crippen LogP contribution >= 0.6 is 11.3 Å². The number of hydrogen-bond donors (Lipinski definition) is 3. The number of H-pyrrole nitrogens is 1. The van der Waals surface area contributed by atoms with E-state index in [0.717, 1.165) is 30.3 Å². The fourth-order valence-electron chi connectivity index (χ4n) is 5.69. The summed E-state index contributed by atoms with van der Waals surface area (Å²) in [6.45, 7) is 1.06. The van der Waals surface area contributed by atoms with Crippen LogP contribution in [0.4, 0.5) is 23.7 Å². The molecule has 5 rings (SSSR count). The Balaban J connectivity index is 1.40. The number of esters is 1. The van der Waals surface area contributed by atoms with Crippen molar-refractivity contribution in [2.75, 3.05) is 32.6 Å². The van der Waals surface area contributed by atoms with Crippen molar-refractivity contribution >= 4 is 29.1 Å². The van der Waals surface area contributed by atoms with E-state index in [-0.39, 0.29) is 37.4 Å². The number of amides is 1. The second-order valence-corrected chi connectivity index (χ2v) is 13.0. The normalized spacial score (nSPS) is 13.5. The van der Waals surface area contributed by atoms with Gasteiger partial charge in [-0.2, -0.15) is 5.26 Å². The van der Waals surface area contributed by atoms with Crippen LogP contribution < -0.4 is 9.88 Å². The highest BCUT2D eigenvalue weighted by atomic mass is 32.1. The largest absolute Gasteiger partial charge is 0.460 e. The summed E-state index contributed by atoms with van der Waals surface area (Å²) in [7, 11) is 3.39. The Kier molecular flexibility index (Phi) is 12.0. The fourth-order valence-corrected chi connectivity index (χ4v) is 6.65. The van der Waals surface area contributed by atoms with E-state index in [9.17, 15) is 23.5 Å². The third-order valence-electron chi connectivity index (χ3n) is 8.33. The van der Waals surface area contributed by atoms with E-state index in [2.05, 4.69) is 21.6 Å². The highest BCUT2D eigenvalue weighted by molar-refractivity contribution is 7.10. The number of nitriles is 1. The third kappa shape index (κ3) is 8.80. The molecule has 0 aliphatic carbocycles. The van der Waals surface area contributed by atoms with Gasteiger partial charge in [0.05, 0.1) is 41.2 Å². The second-order valence-electron chi connectivity index (χ2n) is 12.1. The Bertz CT molecular complexity index is 2050. The quantitative estimate of drug-likeness (QED) is 0.0978. The standard InChI is InChI=1S/C36H34F3N7O5S/c1-22(34-43-31(19-52-34)24-6-4-23(16-40)5-7-24)36(49,28-14-26(37)10-11-29(28)39)32(46-20-41-42-21-46)12-13-50-35(48)44-30-15-27(38)9-8-25(30)18-51-33(47)17-45(2)3/h4-11,14-15,19-22,32,49H,12-13,17-18H2,1-3H3,(H,44,48)/p+1/t22-,32?,36+/m1/s1. The van der Waals surface area contributed by atoms with Gasteiger partial charge < -0.3 is 14.6 Å². The lowest BCUT2D eigenvalue weighted by atomic mass is 9.75. The van der Waals surface area contributed by atoms with Crippen molar-refractivity contribution in [2.24, 2.45) is 0 Å². The number of thiazole rings is 1.